The maximum atomic E-state index is 11.5. The minimum Gasteiger partial charge on any atom is -0.394 e. The van der Waals surface area contributed by atoms with Gasteiger partial charge in [-0.25, -0.2) is 4.79 Å². The van der Waals surface area contributed by atoms with Crippen LogP contribution >= 0.6 is 0 Å². The third-order valence-electron chi connectivity index (χ3n) is 2.55. The van der Waals surface area contributed by atoms with E-state index in [0.29, 0.717) is 0 Å². The Labute approximate surface area is 91.1 Å². The molecule has 0 radical (unpaired) electrons. The minimum atomic E-state index is -0.778. The van der Waals surface area contributed by atoms with E-state index >= 15 is 0 Å². The van der Waals surface area contributed by atoms with Crippen LogP contribution in [0, 0.1) is 0 Å². The minimum absolute atomic E-state index is 0.138. The van der Waals surface area contributed by atoms with Crippen LogP contribution in [0.5, 0.6) is 0 Å². The van der Waals surface area contributed by atoms with E-state index in [1.54, 1.807) is 0 Å². The molecule has 1 aliphatic rings. The highest BCUT2D eigenvalue weighted by Gasteiger charge is 2.34. The van der Waals surface area contributed by atoms with Crippen LogP contribution in [0.15, 0.2) is 17.1 Å². The molecule has 4 N–H and O–H groups in total. The van der Waals surface area contributed by atoms with Crippen LogP contribution < -0.4 is 11.4 Å². The number of nitrogens with zero attached hydrogens (tertiary/aromatic N) is 2. The van der Waals surface area contributed by atoms with Crippen molar-refractivity contribution in [1.82, 2.24) is 9.55 Å². The molecule has 0 spiro atoms. The molecule has 0 aliphatic carbocycles. The average Bonchev–Trinajstić information content (AvgIpc) is 2.59. The summed E-state index contributed by atoms with van der Waals surface area (Å²) >= 11 is 0. The maximum Gasteiger partial charge on any atom is 0.351 e. The molecule has 0 amide bonds. The van der Waals surface area contributed by atoms with Gasteiger partial charge in [-0.3, -0.25) is 4.57 Å². The molecule has 2 rings (SSSR count). The fraction of sp³-hybridized carbons (Fsp3) is 0.556. The molecule has 7 nitrogen and oxygen atoms in total. The van der Waals surface area contributed by atoms with Gasteiger partial charge in [0.2, 0.25) is 0 Å². The van der Waals surface area contributed by atoms with Gasteiger partial charge >= 0.3 is 5.69 Å². The molecule has 1 fully saturated rings. The summed E-state index contributed by atoms with van der Waals surface area (Å²) in [5.41, 5.74) is 4.82. The fourth-order valence-electron chi connectivity index (χ4n) is 1.70. The standard InChI is InChI=1S/C9H13N3O4/c10-7-1-2-12(9(15)11-7)8-3-5(14)6(4-13)16-8/h1-2,5-6,8,13-14H,3-4H2,(H2,10,11,15)/t5-,6-,8+/m0/s1. The Morgan fingerprint density at radius 3 is 3.00 bits per heavy atom. The van der Waals surface area contributed by atoms with E-state index < -0.39 is 24.1 Å². The zero-order valence-electron chi connectivity index (χ0n) is 8.48. The van der Waals surface area contributed by atoms with Gasteiger partial charge in [0, 0.05) is 12.6 Å². The van der Waals surface area contributed by atoms with E-state index in [0.717, 1.165) is 0 Å². The molecule has 3 atom stereocenters. The molecule has 0 saturated carbocycles. The second kappa shape index (κ2) is 4.20. The van der Waals surface area contributed by atoms with Gasteiger partial charge in [-0.1, -0.05) is 0 Å². The highest BCUT2D eigenvalue weighted by molar-refractivity contribution is 5.23. The fourth-order valence-corrected chi connectivity index (χ4v) is 1.70. The highest BCUT2D eigenvalue weighted by atomic mass is 16.5. The Bertz CT molecular complexity index is 433. The normalized spacial score (nSPS) is 29.5. The SMILES string of the molecule is Nc1ccn([C@H]2C[C@H](O)[C@H](CO)O2)c(=O)n1. The number of aromatic nitrogens is 2. The Morgan fingerprint density at radius 1 is 1.69 bits per heavy atom. The zero-order valence-corrected chi connectivity index (χ0v) is 8.48. The van der Waals surface area contributed by atoms with Crippen LogP contribution in [-0.2, 0) is 4.74 Å². The van der Waals surface area contributed by atoms with Crippen LogP contribution in [-0.4, -0.2) is 38.6 Å². The monoisotopic (exact) mass is 227 g/mol. The lowest BCUT2D eigenvalue weighted by atomic mass is 10.2. The molecule has 0 unspecified atom stereocenters. The number of nitrogens with two attached hydrogens (primary N) is 1. The van der Waals surface area contributed by atoms with Gasteiger partial charge in [-0.2, -0.15) is 4.98 Å². The molecule has 1 aliphatic heterocycles. The van der Waals surface area contributed by atoms with Crippen molar-refractivity contribution in [3.63, 3.8) is 0 Å². The number of aliphatic hydroxyl groups is 2. The summed E-state index contributed by atoms with van der Waals surface area (Å²) in [4.78, 5) is 15.0. The summed E-state index contributed by atoms with van der Waals surface area (Å²) in [5, 5.41) is 18.4. The van der Waals surface area contributed by atoms with E-state index in [4.69, 9.17) is 15.6 Å². The molecule has 0 bridgehead atoms. The second-order valence-electron chi connectivity index (χ2n) is 3.66. The van der Waals surface area contributed by atoms with E-state index in [1.807, 2.05) is 0 Å². The van der Waals surface area contributed by atoms with Crippen molar-refractivity contribution in [2.75, 3.05) is 12.3 Å². The largest absolute Gasteiger partial charge is 0.394 e. The van der Waals surface area contributed by atoms with Gasteiger partial charge in [0.25, 0.3) is 0 Å². The predicted octanol–water partition coefficient (Wildman–Crippen LogP) is -1.53. The van der Waals surface area contributed by atoms with Crippen LogP contribution in [0.4, 0.5) is 5.82 Å². The Balaban J connectivity index is 2.23. The lowest BCUT2D eigenvalue weighted by molar-refractivity contribution is -0.0458. The predicted molar refractivity (Wildman–Crippen MR) is 54.5 cm³/mol. The summed E-state index contributed by atoms with van der Waals surface area (Å²) in [6.07, 6.45) is -0.333. The third kappa shape index (κ3) is 1.92. The summed E-state index contributed by atoms with van der Waals surface area (Å²) in [6, 6.07) is 1.48. The molecule has 2 heterocycles. The van der Waals surface area contributed by atoms with Gasteiger partial charge in [0.15, 0.2) is 0 Å². The quantitative estimate of drug-likeness (QED) is 0.565. The zero-order chi connectivity index (χ0) is 11.7. The van der Waals surface area contributed by atoms with E-state index in [9.17, 15) is 9.90 Å². The molecular formula is C9H13N3O4. The Kier molecular flexibility index (Phi) is 2.90. The maximum absolute atomic E-state index is 11.5. The topological polar surface area (TPSA) is 111 Å². The molecule has 16 heavy (non-hydrogen) atoms. The number of hydrogen-bond acceptors (Lipinski definition) is 6. The van der Waals surface area contributed by atoms with Gasteiger partial charge in [-0.15, -0.1) is 0 Å². The lowest BCUT2D eigenvalue weighted by Crippen LogP contribution is -2.27. The Morgan fingerprint density at radius 2 is 2.44 bits per heavy atom. The second-order valence-corrected chi connectivity index (χ2v) is 3.66. The lowest BCUT2D eigenvalue weighted by Gasteiger charge is -2.13. The van der Waals surface area contributed by atoms with Crippen LogP contribution in [0.2, 0.25) is 0 Å². The van der Waals surface area contributed by atoms with Crippen molar-refractivity contribution in [3.05, 3.63) is 22.7 Å². The highest BCUT2D eigenvalue weighted by Crippen LogP contribution is 2.27. The molecule has 88 valence electrons. The van der Waals surface area contributed by atoms with E-state index in [1.165, 1.54) is 16.8 Å². The first-order valence-electron chi connectivity index (χ1n) is 4.91. The van der Waals surface area contributed by atoms with Crippen LogP contribution in [0.25, 0.3) is 0 Å². The molecule has 1 saturated heterocycles. The molecule has 1 aromatic rings. The van der Waals surface area contributed by atoms with Crippen LogP contribution in [0.3, 0.4) is 0 Å². The van der Waals surface area contributed by atoms with E-state index in [2.05, 4.69) is 4.98 Å². The van der Waals surface area contributed by atoms with Crippen molar-refractivity contribution in [3.8, 4) is 0 Å². The summed E-state index contributed by atoms with van der Waals surface area (Å²) < 4.78 is 6.56. The Hall–Kier alpha value is -1.44. The van der Waals surface area contributed by atoms with Crippen molar-refractivity contribution < 1.29 is 14.9 Å². The van der Waals surface area contributed by atoms with Crippen molar-refractivity contribution in [1.29, 1.82) is 0 Å². The number of nitrogen functional groups attached to an aromatic ring is 1. The summed E-state index contributed by atoms with van der Waals surface area (Å²) in [7, 11) is 0. The first-order valence-corrected chi connectivity index (χ1v) is 4.91. The number of ether oxygens (including phenoxy) is 1. The third-order valence-corrected chi connectivity index (χ3v) is 2.55. The van der Waals surface area contributed by atoms with Crippen molar-refractivity contribution >= 4 is 5.82 Å². The van der Waals surface area contributed by atoms with Crippen molar-refractivity contribution in [2.24, 2.45) is 0 Å². The summed E-state index contributed by atoms with van der Waals surface area (Å²) in [6.45, 7) is -0.283. The van der Waals surface area contributed by atoms with E-state index in [-0.39, 0.29) is 18.8 Å². The smallest absolute Gasteiger partial charge is 0.351 e. The average molecular weight is 227 g/mol. The number of hydrogen-bond donors (Lipinski definition) is 3. The first kappa shape index (κ1) is 11.1. The van der Waals surface area contributed by atoms with Gasteiger partial charge in [0.1, 0.15) is 18.1 Å². The molecule has 1 aromatic heterocycles. The van der Waals surface area contributed by atoms with Gasteiger partial charge in [0.05, 0.1) is 12.7 Å². The molecule has 7 heteroatoms. The first-order chi connectivity index (χ1) is 7.61. The van der Waals surface area contributed by atoms with Crippen LogP contribution in [0.1, 0.15) is 12.6 Å². The number of aliphatic hydroxyl groups excluding tert-OH is 2. The number of rotatable bonds is 2. The molecule has 0 aromatic carbocycles. The molecular weight excluding hydrogens is 214 g/mol. The van der Waals surface area contributed by atoms with Crippen molar-refractivity contribution in [2.45, 2.75) is 24.9 Å². The van der Waals surface area contributed by atoms with Gasteiger partial charge in [-0.05, 0) is 6.07 Å². The van der Waals surface area contributed by atoms with Gasteiger partial charge < -0.3 is 20.7 Å². The number of anilines is 1. The summed E-state index contributed by atoms with van der Waals surface area (Å²) in [5.74, 6) is 0.138.